The standard InChI is InChI=1S/C16H9FN2O2/c17-10-5-7-11(8-6-10)19-16(20)13-9-21-14-4-2-1-3-12(14)15(13)18-19/h1-9H. The zero-order chi connectivity index (χ0) is 14.4. The second-order valence-electron chi connectivity index (χ2n) is 4.69. The smallest absolute Gasteiger partial charge is 0.284 e. The summed E-state index contributed by atoms with van der Waals surface area (Å²) in [7, 11) is 0. The summed E-state index contributed by atoms with van der Waals surface area (Å²) >= 11 is 0. The first-order valence-electron chi connectivity index (χ1n) is 6.39. The van der Waals surface area contributed by atoms with Crippen LogP contribution in [0.5, 0.6) is 0 Å². The van der Waals surface area contributed by atoms with Crippen molar-refractivity contribution in [3.8, 4) is 16.9 Å². The van der Waals surface area contributed by atoms with E-state index in [2.05, 4.69) is 5.10 Å². The summed E-state index contributed by atoms with van der Waals surface area (Å²) in [5.74, 6) is -0.358. The Morgan fingerprint density at radius 2 is 1.81 bits per heavy atom. The lowest BCUT2D eigenvalue weighted by molar-refractivity contribution is 0.605. The molecule has 2 aliphatic rings. The Morgan fingerprint density at radius 1 is 1.05 bits per heavy atom. The topological polar surface area (TPSA) is 48.0 Å². The molecule has 5 heteroatoms. The molecule has 0 bridgehead atoms. The van der Waals surface area contributed by atoms with Crippen molar-refractivity contribution in [1.29, 1.82) is 0 Å². The summed E-state index contributed by atoms with van der Waals surface area (Å²) < 4.78 is 19.7. The summed E-state index contributed by atoms with van der Waals surface area (Å²) in [5, 5.41) is 5.13. The minimum Gasteiger partial charge on any atom is -0.463 e. The molecule has 0 radical (unpaired) electrons. The van der Waals surface area contributed by atoms with Gasteiger partial charge in [-0.3, -0.25) is 4.79 Å². The Morgan fingerprint density at radius 3 is 2.62 bits per heavy atom. The fraction of sp³-hybridized carbons (Fsp3) is 0. The van der Waals surface area contributed by atoms with E-state index in [0.29, 0.717) is 22.5 Å². The van der Waals surface area contributed by atoms with Crippen LogP contribution < -0.4 is 5.56 Å². The fourth-order valence-electron chi connectivity index (χ4n) is 2.36. The molecule has 2 aromatic carbocycles. The molecular weight excluding hydrogens is 271 g/mol. The van der Waals surface area contributed by atoms with Gasteiger partial charge in [-0.1, -0.05) is 12.1 Å². The average Bonchev–Trinajstić information content (AvgIpc) is 2.86. The van der Waals surface area contributed by atoms with Gasteiger partial charge in [-0.05, 0) is 36.4 Å². The minimum absolute atomic E-state index is 0.286. The number of hydrogen-bond acceptors (Lipinski definition) is 3. The summed E-state index contributed by atoms with van der Waals surface area (Å²) in [6.07, 6.45) is 1.41. The molecule has 0 spiro atoms. The van der Waals surface area contributed by atoms with Gasteiger partial charge in [-0.25, -0.2) is 4.39 Å². The highest BCUT2D eigenvalue weighted by atomic mass is 19.1. The third-order valence-electron chi connectivity index (χ3n) is 3.40. The molecule has 0 fully saturated rings. The molecule has 21 heavy (non-hydrogen) atoms. The molecule has 0 amide bonds. The van der Waals surface area contributed by atoms with Crippen LogP contribution in [-0.4, -0.2) is 9.78 Å². The van der Waals surface area contributed by atoms with E-state index in [0.717, 1.165) is 5.39 Å². The van der Waals surface area contributed by atoms with Crippen molar-refractivity contribution in [2.24, 2.45) is 0 Å². The van der Waals surface area contributed by atoms with E-state index in [9.17, 15) is 9.18 Å². The number of fused-ring (bicyclic) bond motifs is 3. The normalized spacial score (nSPS) is 11.3. The Hall–Kier alpha value is -2.95. The molecule has 0 saturated carbocycles. The van der Waals surface area contributed by atoms with Crippen LogP contribution in [0, 0.1) is 5.82 Å². The van der Waals surface area contributed by atoms with Gasteiger partial charge in [0.2, 0.25) is 0 Å². The first-order chi connectivity index (χ1) is 10.2. The molecule has 0 atom stereocenters. The van der Waals surface area contributed by atoms with E-state index >= 15 is 0 Å². The summed E-state index contributed by atoms with van der Waals surface area (Å²) in [5.41, 5.74) is 1.87. The molecule has 0 unspecified atom stereocenters. The van der Waals surface area contributed by atoms with Crippen LogP contribution >= 0.6 is 0 Å². The largest absolute Gasteiger partial charge is 0.463 e. The predicted molar refractivity (Wildman–Crippen MR) is 76.2 cm³/mol. The van der Waals surface area contributed by atoms with Crippen molar-refractivity contribution in [1.82, 2.24) is 9.78 Å². The van der Waals surface area contributed by atoms with Crippen LogP contribution in [0.1, 0.15) is 0 Å². The Bertz CT molecular complexity index is 970. The molecule has 102 valence electrons. The SMILES string of the molecule is O=c1c2coc3ccccc3c-2nn1-c1ccc(F)cc1. The molecule has 4 rings (SSSR count). The first-order valence-corrected chi connectivity index (χ1v) is 6.39. The number of nitrogens with zero attached hydrogens (tertiary/aromatic N) is 2. The molecule has 0 saturated heterocycles. The second kappa shape index (κ2) is 4.28. The summed E-state index contributed by atoms with van der Waals surface area (Å²) in [4.78, 5) is 12.4. The molecule has 0 aliphatic carbocycles. The summed E-state index contributed by atoms with van der Waals surface area (Å²) in [6, 6.07) is 13.0. The van der Waals surface area contributed by atoms with Crippen molar-refractivity contribution in [3.05, 3.63) is 71.0 Å². The van der Waals surface area contributed by atoms with E-state index in [1.807, 2.05) is 24.3 Å². The van der Waals surface area contributed by atoms with Crippen molar-refractivity contribution in [2.45, 2.75) is 0 Å². The van der Waals surface area contributed by atoms with Crippen LogP contribution in [0.2, 0.25) is 0 Å². The van der Waals surface area contributed by atoms with Gasteiger partial charge >= 0.3 is 0 Å². The fourth-order valence-corrected chi connectivity index (χ4v) is 2.36. The molecule has 4 nitrogen and oxygen atoms in total. The monoisotopic (exact) mass is 280 g/mol. The lowest BCUT2D eigenvalue weighted by Crippen LogP contribution is -2.14. The van der Waals surface area contributed by atoms with Crippen molar-refractivity contribution in [3.63, 3.8) is 0 Å². The van der Waals surface area contributed by atoms with Gasteiger partial charge in [-0.2, -0.15) is 9.78 Å². The second-order valence-corrected chi connectivity index (χ2v) is 4.69. The molecule has 2 aliphatic heterocycles. The number of hydrogen-bond donors (Lipinski definition) is 0. The quantitative estimate of drug-likeness (QED) is 0.538. The Balaban J connectivity index is 2.05. The van der Waals surface area contributed by atoms with Crippen LogP contribution in [0.4, 0.5) is 4.39 Å². The maximum Gasteiger partial charge on any atom is 0.284 e. The molecule has 2 heterocycles. The maximum absolute atomic E-state index is 13.0. The zero-order valence-corrected chi connectivity index (χ0v) is 10.8. The van der Waals surface area contributed by atoms with E-state index < -0.39 is 0 Å². The van der Waals surface area contributed by atoms with Gasteiger partial charge in [0.05, 0.1) is 5.69 Å². The Kier molecular flexibility index (Phi) is 2.41. The van der Waals surface area contributed by atoms with Crippen molar-refractivity contribution >= 4 is 11.0 Å². The number of benzene rings is 2. The molecule has 0 N–H and O–H groups in total. The molecule has 0 aromatic heterocycles. The predicted octanol–water partition coefficient (Wildman–Crippen LogP) is 3.22. The van der Waals surface area contributed by atoms with E-state index in [4.69, 9.17) is 4.42 Å². The van der Waals surface area contributed by atoms with Crippen molar-refractivity contribution < 1.29 is 8.81 Å². The number of para-hydroxylation sites is 1. The minimum atomic E-state index is -0.358. The van der Waals surface area contributed by atoms with Gasteiger partial charge in [0.1, 0.15) is 28.9 Å². The lowest BCUT2D eigenvalue weighted by atomic mass is 10.1. The summed E-state index contributed by atoms with van der Waals surface area (Å²) in [6.45, 7) is 0. The van der Waals surface area contributed by atoms with Crippen LogP contribution in [-0.2, 0) is 0 Å². The Labute approximate surface area is 118 Å². The number of halogens is 1. The van der Waals surface area contributed by atoms with Gasteiger partial charge in [0.15, 0.2) is 0 Å². The average molecular weight is 280 g/mol. The lowest BCUT2D eigenvalue weighted by Gasteiger charge is -2.00. The van der Waals surface area contributed by atoms with Crippen LogP contribution in [0.15, 0.2) is 64.0 Å². The molecular formula is C16H9FN2O2. The van der Waals surface area contributed by atoms with E-state index in [1.165, 1.54) is 35.2 Å². The third-order valence-corrected chi connectivity index (χ3v) is 3.40. The first kappa shape index (κ1) is 11.8. The van der Waals surface area contributed by atoms with Gasteiger partial charge in [-0.15, -0.1) is 0 Å². The third kappa shape index (κ3) is 1.74. The van der Waals surface area contributed by atoms with Gasteiger partial charge < -0.3 is 4.42 Å². The molecule has 2 aromatic rings. The highest BCUT2D eigenvalue weighted by Crippen LogP contribution is 2.27. The highest BCUT2D eigenvalue weighted by Gasteiger charge is 2.19. The van der Waals surface area contributed by atoms with Gasteiger partial charge in [0, 0.05) is 5.39 Å². The number of rotatable bonds is 1. The van der Waals surface area contributed by atoms with E-state index in [-0.39, 0.29) is 11.4 Å². The number of aromatic nitrogens is 2. The van der Waals surface area contributed by atoms with Gasteiger partial charge in [0.25, 0.3) is 5.56 Å². The highest BCUT2D eigenvalue weighted by molar-refractivity contribution is 5.91. The van der Waals surface area contributed by atoms with Crippen molar-refractivity contribution in [2.75, 3.05) is 0 Å². The van der Waals surface area contributed by atoms with Crippen LogP contribution in [0.25, 0.3) is 27.9 Å². The maximum atomic E-state index is 13.0. The van der Waals surface area contributed by atoms with Crippen LogP contribution in [0.3, 0.4) is 0 Å². The van der Waals surface area contributed by atoms with E-state index in [1.54, 1.807) is 0 Å². The zero-order valence-electron chi connectivity index (χ0n) is 10.8.